The summed E-state index contributed by atoms with van der Waals surface area (Å²) in [5, 5.41) is 0. The number of hydrogen-bond donors (Lipinski definition) is 0. The zero-order valence-corrected chi connectivity index (χ0v) is 7.72. The average Bonchev–Trinajstić information content (AvgIpc) is 1.97. The van der Waals surface area contributed by atoms with Gasteiger partial charge in [0.1, 0.15) is 0 Å². The minimum Gasteiger partial charge on any atom is -0.457 e. The Balaban J connectivity index is 3.88. The lowest BCUT2D eigenvalue weighted by molar-refractivity contribution is -0.155. The van der Waals surface area contributed by atoms with E-state index in [1.165, 1.54) is 0 Å². The molecule has 0 aliphatic carbocycles. The fraction of sp³-hybridized carbons (Fsp3) is 0.556. The van der Waals surface area contributed by atoms with E-state index in [0.717, 1.165) is 6.08 Å². The van der Waals surface area contributed by atoms with Crippen LogP contribution in [0.1, 0.15) is 20.8 Å². The van der Waals surface area contributed by atoms with Gasteiger partial charge in [0.2, 0.25) is 0 Å². The van der Waals surface area contributed by atoms with Gasteiger partial charge in [-0.1, -0.05) is 6.58 Å². The third-order valence-electron chi connectivity index (χ3n) is 1.19. The Labute approximate surface area is 72.4 Å². The SMILES string of the molecule is C=CC(=O)COC(=O)C(C)(C)C. The second-order valence-corrected chi connectivity index (χ2v) is 3.50. The van der Waals surface area contributed by atoms with E-state index < -0.39 is 5.41 Å². The molecule has 0 atom stereocenters. The van der Waals surface area contributed by atoms with Crippen LogP contribution in [-0.4, -0.2) is 18.4 Å². The van der Waals surface area contributed by atoms with Crippen molar-refractivity contribution in [2.45, 2.75) is 20.8 Å². The van der Waals surface area contributed by atoms with Gasteiger partial charge in [-0.25, -0.2) is 0 Å². The van der Waals surface area contributed by atoms with E-state index in [4.69, 9.17) is 4.74 Å². The highest BCUT2D eigenvalue weighted by Crippen LogP contribution is 2.14. The number of ketones is 1. The molecule has 0 aliphatic rings. The highest BCUT2D eigenvalue weighted by molar-refractivity contribution is 5.91. The standard InChI is InChI=1S/C9H14O3/c1-5-7(10)6-12-8(11)9(2,3)4/h5H,1,6H2,2-4H3. The topological polar surface area (TPSA) is 43.4 Å². The number of rotatable bonds is 3. The molecule has 0 heterocycles. The maximum Gasteiger partial charge on any atom is 0.311 e. The summed E-state index contributed by atoms with van der Waals surface area (Å²) in [5.41, 5.74) is -0.554. The predicted octanol–water partition coefficient (Wildman–Crippen LogP) is 1.33. The van der Waals surface area contributed by atoms with Gasteiger partial charge in [-0.2, -0.15) is 0 Å². The Morgan fingerprint density at radius 3 is 2.25 bits per heavy atom. The summed E-state index contributed by atoms with van der Waals surface area (Å²) >= 11 is 0. The predicted molar refractivity (Wildman–Crippen MR) is 45.6 cm³/mol. The second kappa shape index (κ2) is 4.04. The molecule has 0 bridgehead atoms. The molecule has 3 heteroatoms. The smallest absolute Gasteiger partial charge is 0.311 e. The third-order valence-corrected chi connectivity index (χ3v) is 1.19. The van der Waals surface area contributed by atoms with Crippen molar-refractivity contribution in [2.24, 2.45) is 5.41 Å². The third kappa shape index (κ3) is 3.91. The minimum absolute atomic E-state index is 0.209. The van der Waals surface area contributed by atoms with E-state index in [2.05, 4.69) is 6.58 Å². The highest BCUT2D eigenvalue weighted by Gasteiger charge is 2.23. The molecule has 0 N–H and O–H groups in total. The lowest BCUT2D eigenvalue weighted by Crippen LogP contribution is -2.25. The Morgan fingerprint density at radius 2 is 1.92 bits per heavy atom. The maximum atomic E-state index is 11.1. The van der Waals surface area contributed by atoms with Crippen LogP contribution < -0.4 is 0 Å². The highest BCUT2D eigenvalue weighted by atomic mass is 16.5. The monoisotopic (exact) mass is 170 g/mol. The van der Waals surface area contributed by atoms with Crippen LogP contribution in [0.4, 0.5) is 0 Å². The first-order chi connectivity index (χ1) is 5.38. The minimum atomic E-state index is -0.554. The Kier molecular flexibility index (Phi) is 3.67. The molecule has 0 fully saturated rings. The van der Waals surface area contributed by atoms with Crippen molar-refractivity contribution in [1.29, 1.82) is 0 Å². The van der Waals surface area contributed by atoms with Crippen molar-refractivity contribution < 1.29 is 14.3 Å². The van der Waals surface area contributed by atoms with E-state index in [-0.39, 0.29) is 18.4 Å². The van der Waals surface area contributed by atoms with Crippen molar-refractivity contribution in [3.63, 3.8) is 0 Å². The van der Waals surface area contributed by atoms with E-state index >= 15 is 0 Å². The number of carbonyl (C=O) groups is 2. The van der Waals surface area contributed by atoms with Gasteiger partial charge in [0.25, 0.3) is 0 Å². The lowest BCUT2D eigenvalue weighted by atomic mass is 9.97. The summed E-state index contributed by atoms with van der Waals surface area (Å²) in [5.74, 6) is -0.662. The van der Waals surface area contributed by atoms with E-state index in [9.17, 15) is 9.59 Å². The molecular formula is C9H14O3. The summed E-state index contributed by atoms with van der Waals surface area (Å²) in [7, 11) is 0. The molecule has 0 aromatic heterocycles. The summed E-state index contributed by atoms with van der Waals surface area (Å²) in [6.07, 6.45) is 1.13. The van der Waals surface area contributed by atoms with E-state index in [1.54, 1.807) is 20.8 Å². The van der Waals surface area contributed by atoms with Gasteiger partial charge in [0, 0.05) is 0 Å². The van der Waals surface area contributed by atoms with Crippen LogP contribution >= 0.6 is 0 Å². The Bertz CT molecular complexity index is 198. The average molecular weight is 170 g/mol. The molecule has 0 amide bonds. The van der Waals surface area contributed by atoms with E-state index in [1.807, 2.05) is 0 Å². The van der Waals surface area contributed by atoms with Crippen molar-refractivity contribution >= 4 is 11.8 Å². The second-order valence-electron chi connectivity index (χ2n) is 3.50. The molecule has 0 saturated carbocycles. The van der Waals surface area contributed by atoms with Crippen LogP contribution in [0.15, 0.2) is 12.7 Å². The molecule has 0 spiro atoms. The fourth-order valence-corrected chi connectivity index (χ4v) is 0.412. The summed E-state index contributed by atoms with van der Waals surface area (Å²) < 4.78 is 4.70. The van der Waals surface area contributed by atoms with Crippen LogP contribution in [0, 0.1) is 5.41 Å². The van der Waals surface area contributed by atoms with Gasteiger partial charge in [0.05, 0.1) is 5.41 Å². The van der Waals surface area contributed by atoms with Gasteiger partial charge in [0.15, 0.2) is 12.4 Å². The number of hydrogen-bond acceptors (Lipinski definition) is 3. The molecule has 0 aromatic rings. The van der Waals surface area contributed by atoms with Crippen LogP contribution in [0.5, 0.6) is 0 Å². The number of esters is 1. The molecule has 0 rings (SSSR count). The summed E-state index contributed by atoms with van der Waals surface area (Å²) in [6.45, 7) is 8.24. The normalized spacial score (nSPS) is 10.6. The molecule has 3 nitrogen and oxygen atoms in total. The first kappa shape index (κ1) is 10.9. The van der Waals surface area contributed by atoms with Crippen LogP contribution in [0.3, 0.4) is 0 Å². The first-order valence-electron chi connectivity index (χ1n) is 3.70. The molecule has 68 valence electrons. The van der Waals surface area contributed by atoms with Gasteiger partial charge in [-0.15, -0.1) is 0 Å². The van der Waals surface area contributed by atoms with Gasteiger partial charge >= 0.3 is 5.97 Å². The molecular weight excluding hydrogens is 156 g/mol. The quantitative estimate of drug-likeness (QED) is 0.474. The molecule has 12 heavy (non-hydrogen) atoms. The van der Waals surface area contributed by atoms with Gasteiger partial charge < -0.3 is 4.74 Å². The lowest BCUT2D eigenvalue weighted by Gasteiger charge is -2.15. The number of carbonyl (C=O) groups excluding carboxylic acids is 2. The molecule has 0 aromatic carbocycles. The molecule has 0 aliphatic heterocycles. The van der Waals surface area contributed by atoms with Crippen molar-refractivity contribution in [3.05, 3.63) is 12.7 Å². The van der Waals surface area contributed by atoms with Crippen LogP contribution in [0.25, 0.3) is 0 Å². The fourth-order valence-electron chi connectivity index (χ4n) is 0.412. The van der Waals surface area contributed by atoms with Crippen molar-refractivity contribution in [3.8, 4) is 0 Å². The van der Waals surface area contributed by atoms with Crippen molar-refractivity contribution in [2.75, 3.05) is 6.61 Å². The number of ether oxygens (including phenoxy) is 1. The summed E-state index contributed by atoms with van der Waals surface area (Å²) in [4.78, 5) is 21.7. The van der Waals surface area contributed by atoms with Crippen LogP contribution in [-0.2, 0) is 14.3 Å². The van der Waals surface area contributed by atoms with Crippen molar-refractivity contribution in [1.82, 2.24) is 0 Å². The maximum absolute atomic E-state index is 11.1. The molecule has 0 unspecified atom stereocenters. The zero-order valence-electron chi connectivity index (χ0n) is 7.72. The van der Waals surface area contributed by atoms with Gasteiger partial charge in [-0.3, -0.25) is 9.59 Å². The van der Waals surface area contributed by atoms with Crippen LogP contribution in [0.2, 0.25) is 0 Å². The molecule has 0 radical (unpaired) electrons. The zero-order chi connectivity index (χ0) is 9.78. The summed E-state index contributed by atoms with van der Waals surface area (Å²) in [6, 6.07) is 0. The Hall–Kier alpha value is -1.12. The Morgan fingerprint density at radius 1 is 1.42 bits per heavy atom. The van der Waals surface area contributed by atoms with E-state index in [0.29, 0.717) is 0 Å². The molecule has 0 saturated heterocycles. The first-order valence-corrected chi connectivity index (χ1v) is 3.70. The van der Waals surface area contributed by atoms with Gasteiger partial charge in [-0.05, 0) is 26.8 Å². The largest absolute Gasteiger partial charge is 0.457 e.